The van der Waals surface area contributed by atoms with Crippen LogP contribution in [0, 0.1) is 5.41 Å². The van der Waals surface area contributed by atoms with Gasteiger partial charge in [0.1, 0.15) is 0 Å². The number of carbonyl (C=O) groups is 2. The molecular weight excluding hydrogens is 248 g/mol. The molecule has 0 spiro atoms. The maximum absolute atomic E-state index is 11.5. The zero-order valence-corrected chi connectivity index (χ0v) is 11.9. The Morgan fingerprint density at radius 3 is 2.56 bits per heavy atom. The van der Waals surface area contributed by atoms with Crippen LogP contribution in [0.15, 0.2) is 17.5 Å². The molecule has 0 aliphatic carbocycles. The van der Waals surface area contributed by atoms with E-state index >= 15 is 0 Å². The molecule has 0 aliphatic rings. The van der Waals surface area contributed by atoms with Crippen LogP contribution in [0.25, 0.3) is 0 Å². The van der Waals surface area contributed by atoms with Crippen molar-refractivity contribution in [3.63, 3.8) is 0 Å². The predicted molar refractivity (Wildman–Crippen MR) is 73.2 cm³/mol. The minimum atomic E-state index is -0.409. The zero-order valence-electron chi connectivity index (χ0n) is 11.1. The molecule has 1 aromatic heterocycles. The van der Waals surface area contributed by atoms with E-state index in [1.165, 1.54) is 0 Å². The Kier molecular flexibility index (Phi) is 5.34. The standard InChI is InChI=1S/C13H20N2O2S/c1-13(2,3)12(17)14-7-6-11(16)15-9-10-5-4-8-18-10/h4-5,8H,6-7,9H2,1-3H3,(H,14,17)(H,15,16). The van der Waals surface area contributed by atoms with E-state index in [0.717, 1.165) is 4.88 Å². The van der Waals surface area contributed by atoms with Gasteiger partial charge in [-0.2, -0.15) is 0 Å². The molecule has 100 valence electrons. The van der Waals surface area contributed by atoms with Gasteiger partial charge in [-0.3, -0.25) is 9.59 Å². The van der Waals surface area contributed by atoms with E-state index in [-0.39, 0.29) is 11.8 Å². The summed E-state index contributed by atoms with van der Waals surface area (Å²) >= 11 is 1.61. The van der Waals surface area contributed by atoms with Crippen LogP contribution in [-0.4, -0.2) is 18.4 Å². The number of nitrogens with one attached hydrogen (secondary N) is 2. The fourth-order valence-corrected chi connectivity index (χ4v) is 1.89. The molecule has 2 N–H and O–H groups in total. The van der Waals surface area contributed by atoms with E-state index in [4.69, 9.17) is 0 Å². The van der Waals surface area contributed by atoms with Crippen molar-refractivity contribution in [2.45, 2.75) is 33.7 Å². The number of thiophene rings is 1. The number of hydrogen-bond acceptors (Lipinski definition) is 3. The van der Waals surface area contributed by atoms with Crippen molar-refractivity contribution in [1.29, 1.82) is 0 Å². The van der Waals surface area contributed by atoms with Gasteiger partial charge in [0.05, 0.1) is 6.54 Å². The van der Waals surface area contributed by atoms with E-state index in [1.807, 2.05) is 38.3 Å². The molecule has 0 bridgehead atoms. The molecule has 1 rings (SSSR count). The van der Waals surface area contributed by atoms with Crippen molar-refractivity contribution in [3.05, 3.63) is 22.4 Å². The first-order chi connectivity index (χ1) is 8.39. The lowest BCUT2D eigenvalue weighted by atomic mass is 9.96. The molecule has 1 aromatic rings. The van der Waals surface area contributed by atoms with E-state index < -0.39 is 5.41 Å². The third kappa shape index (κ3) is 5.31. The predicted octanol–water partition coefficient (Wildman–Crippen LogP) is 1.92. The average Bonchev–Trinajstić information content (AvgIpc) is 2.77. The van der Waals surface area contributed by atoms with E-state index in [1.54, 1.807) is 11.3 Å². The van der Waals surface area contributed by atoms with Crippen LogP contribution in [0.2, 0.25) is 0 Å². The van der Waals surface area contributed by atoms with Gasteiger partial charge in [0, 0.05) is 23.3 Å². The summed E-state index contributed by atoms with van der Waals surface area (Å²) in [7, 11) is 0. The number of rotatable bonds is 5. The van der Waals surface area contributed by atoms with Crippen molar-refractivity contribution in [3.8, 4) is 0 Å². The Morgan fingerprint density at radius 1 is 1.28 bits per heavy atom. The highest BCUT2D eigenvalue weighted by Crippen LogP contribution is 2.12. The van der Waals surface area contributed by atoms with Crippen molar-refractivity contribution in [2.75, 3.05) is 6.54 Å². The van der Waals surface area contributed by atoms with Gasteiger partial charge < -0.3 is 10.6 Å². The summed E-state index contributed by atoms with van der Waals surface area (Å²) in [5.74, 6) is -0.0776. The van der Waals surface area contributed by atoms with Gasteiger partial charge in [-0.15, -0.1) is 11.3 Å². The van der Waals surface area contributed by atoms with Crippen molar-refractivity contribution < 1.29 is 9.59 Å². The Hall–Kier alpha value is -1.36. The maximum Gasteiger partial charge on any atom is 0.225 e. The number of hydrogen-bond donors (Lipinski definition) is 2. The van der Waals surface area contributed by atoms with E-state index in [2.05, 4.69) is 10.6 Å². The molecule has 4 nitrogen and oxygen atoms in total. The highest BCUT2D eigenvalue weighted by Gasteiger charge is 2.20. The lowest BCUT2D eigenvalue weighted by molar-refractivity contribution is -0.128. The van der Waals surface area contributed by atoms with Crippen LogP contribution in [0.4, 0.5) is 0 Å². The van der Waals surface area contributed by atoms with Gasteiger partial charge in [-0.1, -0.05) is 26.8 Å². The zero-order chi connectivity index (χ0) is 13.6. The summed E-state index contributed by atoms with van der Waals surface area (Å²) in [6, 6.07) is 3.93. The summed E-state index contributed by atoms with van der Waals surface area (Å²) < 4.78 is 0. The molecule has 0 unspecified atom stereocenters. The summed E-state index contributed by atoms with van der Waals surface area (Å²) in [6.45, 7) is 6.48. The van der Waals surface area contributed by atoms with Crippen molar-refractivity contribution in [1.82, 2.24) is 10.6 Å². The SMILES string of the molecule is CC(C)(C)C(=O)NCCC(=O)NCc1cccs1. The second kappa shape index (κ2) is 6.54. The van der Waals surface area contributed by atoms with Crippen LogP contribution in [0.1, 0.15) is 32.1 Å². The molecule has 0 saturated carbocycles. The molecule has 0 radical (unpaired) electrons. The largest absolute Gasteiger partial charge is 0.355 e. The summed E-state index contributed by atoms with van der Waals surface area (Å²) in [5, 5.41) is 7.54. The van der Waals surface area contributed by atoms with Gasteiger partial charge >= 0.3 is 0 Å². The fourth-order valence-electron chi connectivity index (χ4n) is 1.24. The summed E-state index contributed by atoms with van der Waals surface area (Å²) in [5.41, 5.74) is -0.409. The topological polar surface area (TPSA) is 58.2 Å². The van der Waals surface area contributed by atoms with Crippen LogP contribution in [0.5, 0.6) is 0 Å². The Morgan fingerprint density at radius 2 is 2.00 bits per heavy atom. The first kappa shape index (κ1) is 14.7. The minimum Gasteiger partial charge on any atom is -0.355 e. The smallest absolute Gasteiger partial charge is 0.225 e. The Labute approximate surface area is 112 Å². The first-order valence-corrected chi connectivity index (χ1v) is 6.85. The minimum absolute atomic E-state index is 0.0337. The molecule has 0 aromatic carbocycles. The van der Waals surface area contributed by atoms with Crippen molar-refractivity contribution >= 4 is 23.2 Å². The number of carbonyl (C=O) groups excluding carboxylic acids is 2. The second-order valence-corrected chi connectivity index (χ2v) is 6.14. The molecule has 0 atom stereocenters. The monoisotopic (exact) mass is 268 g/mol. The molecule has 18 heavy (non-hydrogen) atoms. The highest BCUT2D eigenvalue weighted by atomic mass is 32.1. The van der Waals surface area contributed by atoms with Gasteiger partial charge in [-0.05, 0) is 11.4 Å². The second-order valence-electron chi connectivity index (χ2n) is 5.11. The molecule has 0 aliphatic heterocycles. The fraction of sp³-hybridized carbons (Fsp3) is 0.538. The third-order valence-corrected chi connectivity index (χ3v) is 3.24. The van der Waals surface area contributed by atoms with Gasteiger partial charge in [0.2, 0.25) is 11.8 Å². The molecule has 0 saturated heterocycles. The average molecular weight is 268 g/mol. The van der Waals surface area contributed by atoms with Crippen LogP contribution >= 0.6 is 11.3 Å². The Bertz CT molecular complexity index is 394. The van der Waals surface area contributed by atoms with Crippen LogP contribution in [-0.2, 0) is 16.1 Å². The van der Waals surface area contributed by atoms with E-state index in [0.29, 0.717) is 19.5 Å². The maximum atomic E-state index is 11.5. The van der Waals surface area contributed by atoms with Gasteiger partial charge in [0.15, 0.2) is 0 Å². The van der Waals surface area contributed by atoms with Gasteiger partial charge in [-0.25, -0.2) is 0 Å². The molecule has 1 heterocycles. The summed E-state index contributed by atoms with van der Waals surface area (Å²) in [4.78, 5) is 24.2. The highest BCUT2D eigenvalue weighted by molar-refractivity contribution is 7.09. The number of amides is 2. The quantitative estimate of drug-likeness (QED) is 0.857. The Balaban J connectivity index is 2.16. The van der Waals surface area contributed by atoms with Gasteiger partial charge in [0.25, 0.3) is 0 Å². The lowest BCUT2D eigenvalue weighted by Crippen LogP contribution is -2.37. The lowest BCUT2D eigenvalue weighted by Gasteiger charge is -2.17. The van der Waals surface area contributed by atoms with Crippen molar-refractivity contribution in [2.24, 2.45) is 5.41 Å². The first-order valence-electron chi connectivity index (χ1n) is 5.97. The molecule has 2 amide bonds. The van der Waals surface area contributed by atoms with Crippen LogP contribution < -0.4 is 10.6 Å². The normalized spacial score (nSPS) is 11.1. The van der Waals surface area contributed by atoms with Crippen LogP contribution in [0.3, 0.4) is 0 Å². The molecule has 0 fully saturated rings. The molecular formula is C13H20N2O2S. The summed E-state index contributed by atoms with van der Waals surface area (Å²) in [6.07, 6.45) is 0.313. The molecule has 5 heteroatoms. The third-order valence-electron chi connectivity index (χ3n) is 2.36. The van der Waals surface area contributed by atoms with E-state index in [9.17, 15) is 9.59 Å².